The van der Waals surface area contributed by atoms with Crippen LogP contribution in [0.4, 0.5) is 4.39 Å². The van der Waals surface area contributed by atoms with Gasteiger partial charge < -0.3 is 10.2 Å². The molecule has 0 bridgehead atoms. The number of halogens is 2. The van der Waals surface area contributed by atoms with E-state index in [0.29, 0.717) is 17.1 Å². The molecule has 1 aromatic carbocycles. The number of hydrogen-bond acceptors (Lipinski definition) is 2. The van der Waals surface area contributed by atoms with Gasteiger partial charge in [0.2, 0.25) is 5.91 Å². The summed E-state index contributed by atoms with van der Waals surface area (Å²) in [5.41, 5.74) is 0.460. The van der Waals surface area contributed by atoms with Crippen LogP contribution in [0, 0.1) is 5.82 Å². The monoisotopic (exact) mass is 272 g/mol. The van der Waals surface area contributed by atoms with Crippen LogP contribution < -0.4 is 5.32 Å². The first-order valence-electron chi connectivity index (χ1n) is 5.88. The predicted octanol–water partition coefficient (Wildman–Crippen LogP) is 2.44. The minimum absolute atomic E-state index is 0.0139. The minimum Gasteiger partial charge on any atom is -0.345 e. The molecule has 0 aliphatic heterocycles. The van der Waals surface area contributed by atoms with Crippen LogP contribution in [-0.2, 0) is 11.3 Å². The lowest BCUT2D eigenvalue weighted by Crippen LogP contribution is -2.42. The Labute approximate surface area is 112 Å². The van der Waals surface area contributed by atoms with Gasteiger partial charge >= 0.3 is 0 Å². The zero-order chi connectivity index (χ0) is 13.7. The van der Waals surface area contributed by atoms with E-state index in [0.717, 1.165) is 0 Å². The van der Waals surface area contributed by atoms with Crippen LogP contribution >= 0.6 is 11.6 Å². The molecule has 1 atom stereocenters. The highest BCUT2D eigenvalue weighted by Crippen LogP contribution is 2.14. The third-order valence-corrected chi connectivity index (χ3v) is 3.06. The van der Waals surface area contributed by atoms with Crippen LogP contribution in [0.3, 0.4) is 0 Å². The molecule has 1 N–H and O–H groups in total. The first-order valence-corrected chi connectivity index (χ1v) is 6.25. The maximum absolute atomic E-state index is 13.5. The first-order chi connectivity index (χ1) is 8.45. The Kier molecular flexibility index (Phi) is 5.56. The van der Waals surface area contributed by atoms with Crippen molar-refractivity contribution in [1.29, 1.82) is 0 Å². The van der Waals surface area contributed by atoms with Crippen molar-refractivity contribution in [3.05, 3.63) is 34.6 Å². The smallest absolute Gasteiger partial charge is 0.239 e. The van der Waals surface area contributed by atoms with Gasteiger partial charge in [0, 0.05) is 30.7 Å². The Morgan fingerprint density at radius 2 is 2.22 bits per heavy atom. The summed E-state index contributed by atoms with van der Waals surface area (Å²) in [5.74, 6) is -0.338. The molecule has 100 valence electrons. The zero-order valence-electron chi connectivity index (χ0n) is 10.8. The first kappa shape index (κ1) is 14.9. The number of benzene rings is 1. The quantitative estimate of drug-likeness (QED) is 0.893. The Morgan fingerprint density at radius 1 is 1.56 bits per heavy atom. The summed E-state index contributed by atoms with van der Waals surface area (Å²) in [4.78, 5) is 13.4. The molecule has 1 aromatic rings. The van der Waals surface area contributed by atoms with E-state index in [1.165, 1.54) is 12.1 Å². The molecule has 0 saturated carbocycles. The van der Waals surface area contributed by atoms with Gasteiger partial charge in [-0.05, 0) is 32.0 Å². The van der Waals surface area contributed by atoms with Crippen LogP contribution in [0.1, 0.15) is 19.4 Å². The van der Waals surface area contributed by atoms with E-state index in [1.807, 2.05) is 6.92 Å². The number of nitrogens with zero attached hydrogens (tertiary/aromatic N) is 1. The normalized spacial score (nSPS) is 12.3. The lowest BCUT2D eigenvalue weighted by atomic mass is 10.2. The number of nitrogens with one attached hydrogen (secondary N) is 1. The zero-order valence-corrected chi connectivity index (χ0v) is 11.6. The second-order valence-electron chi connectivity index (χ2n) is 4.19. The molecule has 18 heavy (non-hydrogen) atoms. The van der Waals surface area contributed by atoms with Crippen molar-refractivity contribution in [3.8, 4) is 0 Å². The molecule has 0 aliphatic carbocycles. The molecular formula is C13H18ClFN2O. The number of carbonyl (C=O) groups is 1. The largest absolute Gasteiger partial charge is 0.345 e. The highest BCUT2D eigenvalue weighted by Gasteiger charge is 2.16. The molecule has 0 saturated heterocycles. The van der Waals surface area contributed by atoms with E-state index in [-0.39, 0.29) is 24.3 Å². The summed E-state index contributed by atoms with van der Waals surface area (Å²) < 4.78 is 13.5. The molecule has 5 heteroatoms. The predicted molar refractivity (Wildman–Crippen MR) is 71.0 cm³/mol. The fourth-order valence-corrected chi connectivity index (χ4v) is 1.71. The van der Waals surface area contributed by atoms with Crippen molar-refractivity contribution in [2.45, 2.75) is 26.4 Å². The van der Waals surface area contributed by atoms with Crippen molar-refractivity contribution < 1.29 is 9.18 Å². The van der Waals surface area contributed by atoms with Crippen molar-refractivity contribution in [2.24, 2.45) is 0 Å². The van der Waals surface area contributed by atoms with Crippen molar-refractivity contribution >= 4 is 17.5 Å². The fraction of sp³-hybridized carbons (Fsp3) is 0.462. The molecule has 1 rings (SSSR count). The van der Waals surface area contributed by atoms with E-state index >= 15 is 0 Å². The van der Waals surface area contributed by atoms with Crippen LogP contribution in [0.5, 0.6) is 0 Å². The summed E-state index contributed by atoms with van der Waals surface area (Å²) in [7, 11) is 1.74. The van der Waals surface area contributed by atoms with Crippen LogP contribution in [-0.4, -0.2) is 30.4 Å². The Bertz CT molecular complexity index is 425. The molecule has 0 aliphatic rings. The molecular weight excluding hydrogens is 255 g/mol. The summed E-state index contributed by atoms with van der Waals surface area (Å²) in [6.07, 6.45) is 0. The second kappa shape index (κ2) is 6.71. The molecule has 0 spiro atoms. The topological polar surface area (TPSA) is 32.3 Å². The van der Waals surface area contributed by atoms with Gasteiger partial charge in [-0.2, -0.15) is 0 Å². The lowest BCUT2D eigenvalue weighted by Gasteiger charge is -2.20. The van der Waals surface area contributed by atoms with Gasteiger partial charge in [0.25, 0.3) is 0 Å². The number of carbonyl (C=O) groups excluding carboxylic acids is 1. The summed E-state index contributed by atoms with van der Waals surface area (Å²) in [6.45, 7) is 4.59. The fourth-order valence-electron chi connectivity index (χ4n) is 1.52. The van der Waals surface area contributed by atoms with E-state index in [9.17, 15) is 9.18 Å². The van der Waals surface area contributed by atoms with Gasteiger partial charge in [-0.15, -0.1) is 0 Å². The third kappa shape index (κ3) is 3.96. The Morgan fingerprint density at radius 3 is 2.83 bits per heavy atom. The average molecular weight is 273 g/mol. The lowest BCUT2D eigenvalue weighted by molar-refractivity contribution is -0.131. The molecule has 1 amide bonds. The molecule has 0 aromatic heterocycles. The van der Waals surface area contributed by atoms with Gasteiger partial charge in [-0.25, -0.2) is 4.39 Å². The summed E-state index contributed by atoms with van der Waals surface area (Å²) >= 11 is 5.80. The Balaban J connectivity index is 2.59. The van der Waals surface area contributed by atoms with Crippen molar-refractivity contribution in [1.82, 2.24) is 10.2 Å². The molecule has 0 radical (unpaired) electrons. The molecule has 3 nitrogen and oxygen atoms in total. The van der Waals surface area contributed by atoms with Gasteiger partial charge in [-0.1, -0.05) is 11.6 Å². The summed E-state index contributed by atoms with van der Waals surface area (Å²) in [5, 5.41) is 3.48. The number of hydrogen-bond donors (Lipinski definition) is 1. The van der Waals surface area contributed by atoms with Crippen molar-refractivity contribution in [2.75, 3.05) is 13.6 Å². The maximum atomic E-state index is 13.5. The molecule has 1 unspecified atom stereocenters. The highest BCUT2D eigenvalue weighted by molar-refractivity contribution is 6.30. The van der Waals surface area contributed by atoms with Crippen LogP contribution in [0.2, 0.25) is 5.02 Å². The SMILES string of the molecule is CCN(C)C(=O)C(C)NCc1cc(Cl)ccc1F. The van der Waals surface area contributed by atoms with Gasteiger partial charge in [-0.3, -0.25) is 4.79 Å². The van der Waals surface area contributed by atoms with Crippen molar-refractivity contribution in [3.63, 3.8) is 0 Å². The van der Waals surface area contributed by atoms with Crippen LogP contribution in [0.25, 0.3) is 0 Å². The Hall–Kier alpha value is -1.13. The van der Waals surface area contributed by atoms with Gasteiger partial charge in [0.05, 0.1) is 6.04 Å². The third-order valence-electron chi connectivity index (χ3n) is 2.83. The summed E-state index contributed by atoms with van der Waals surface area (Å²) in [6, 6.07) is 4.03. The average Bonchev–Trinajstić information content (AvgIpc) is 2.37. The second-order valence-corrected chi connectivity index (χ2v) is 4.63. The molecule has 0 fully saturated rings. The number of likely N-dealkylation sites (N-methyl/N-ethyl adjacent to an activating group) is 1. The standard InChI is InChI=1S/C13H18ClFN2O/c1-4-17(3)13(18)9(2)16-8-10-7-11(14)5-6-12(10)15/h5-7,9,16H,4,8H2,1-3H3. The van der Waals surface area contributed by atoms with E-state index in [2.05, 4.69) is 5.32 Å². The van der Waals surface area contributed by atoms with E-state index < -0.39 is 0 Å². The van der Waals surface area contributed by atoms with Gasteiger partial charge in [0.1, 0.15) is 5.82 Å². The van der Waals surface area contributed by atoms with Crippen LogP contribution in [0.15, 0.2) is 18.2 Å². The van der Waals surface area contributed by atoms with E-state index in [1.54, 1.807) is 24.9 Å². The minimum atomic E-state index is -0.353. The maximum Gasteiger partial charge on any atom is 0.239 e. The highest BCUT2D eigenvalue weighted by atomic mass is 35.5. The number of amides is 1. The van der Waals surface area contributed by atoms with E-state index in [4.69, 9.17) is 11.6 Å². The molecule has 0 heterocycles. The number of rotatable bonds is 5. The van der Waals surface area contributed by atoms with Gasteiger partial charge in [0.15, 0.2) is 0 Å².